The molecule has 142 valence electrons. The molecule has 0 fully saturated rings. The van der Waals surface area contributed by atoms with Crippen LogP contribution in [0.3, 0.4) is 0 Å². The number of alkyl halides is 2. The summed E-state index contributed by atoms with van der Waals surface area (Å²) in [4.78, 5) is 0. The molecule has 2 aliphatic rings. The molecule has 0 saturated carbocycles. The van der Waals surface area contributed by atoms with Crippen LogP contribution >= 0.6 is 23.2 Å². The van der Waals surface area contributed by atoms with E-state index in [2.05, 4.69) is 76.2 Å². The molecule has 0 aromatic heterocycles. The Bertz CT molecular complexity index is 914. The summed E-state index contributed by atoms with van der Waals surface area (Å²) in [5, 5.41) is 0. The molecule has 2 unspecified atom stereocenters. The summed E-state index contributed by atoms with van der Waals surface area (Å²) in [5.41, 5.74) is 10.3. The van der Waals surface area contributed by atoms with E-state index in [9.17, 15) is 0 Å². The molecule has 4 rings (SSSR count). The van der Waals surface area contributed by atoms with Gasteiger partial charge in [0.1, 0.15) is 9.52 Å². The average molecular weight is 459 g/mol. The largest absolute Gasteiger partial charge is 0.118 e. The Morgan fingerprint density at radius 2 is 1.07 bits per heavy atom. The van der Waals surface area contributed by atoms with Gasteiger partial charge in [0.15, 0.2) is 0 Å². The topological polar surface area (TPSA) is 0 Å². The van der Waals surface area contributed by atoms with Crippen LogP contribution in [0, 0.1) is 0 Å². The van der Waals surface area contributed by atoms with Gasteiger partial charge in [0.05, 0.1) is 8.99 Å². The second-order valence-corrected chi connectivity index (χ2v) is 11.0. The number of hydrogen-bond donors (Lipinski definition) is 0. The van der Waals surface area contributed by atoms with Gasteiger partial charge in [-0.25, -0.2) is 0 Å². The normalized spacial score (nSPS) is 25.6. The third-order valence-corrected chi connectivity index (χ3v) is 9.76. The molecule has 0 amide bonds. The maximum Gasteiger partial charge on any atom is 0.118 e. The van der Waals surface area contributed by atoms with E-state index in [0.717, 1.165) is 12.8 Å². The van der Waals surface area contributed by atoms with Gasteiger partial charge < -0.3 is 0 Å². The van der Waals surface area contributed by atoms with Gasteiger partial charge >= 0.3 is 0 Å². The molecule has 0 bridgehead atoms. The minimum Gasteiger partial charge on any atom is -0.114 e. The quantitative estimate of drug-likeness (QED) is 0.333. The van der Waals surface area contributed by atoms with E-state index in [0.29, 0.717) is 9.52 Å². The predicted molar refractivity (Wildman–Crippen MR) is 119 cm³/mol. The van der Waals surface area contributed by atoms with E-state index >= 15 is 0 Å². The van der Waals surface area contributed by atoms with Crippen molar-refractivity contribution in [2.45, 2.75) is 49.5 Å². The van der Waals surface area contributed by atoms with Crippen LogP contribution in [0.4, 0.5) is 0 Å². The first kappa shape index (κ1) is 22.1. The molecule has 28 heavy (non-hydrogen) atoms. The molecule has 0 nitrogen and oxygen atoms in total. The Labute approximate surface area is 196 Å². The number of fused-ring (bicyclic) bond motifs is 2. The predicted octanol–water partition coefficient (Wildman–Crippen LogP) is 7.27. The molecule has 0 aliphatic heterocycles. The van der Waals surface area contributed by atoms with Crippen LogP contribution in [-0.2, 0) is 30.7 Å². The molecule has 2 radical (unpaired) electrons. The standard InChI is InChI=1S/C24H24Cl2Si.Ti/c1-5-17-15(3)23(25,21-13-9-7-11-19(17)21)27-24(26)16(4)18(6-2)20-12-8-10-14-22(20)24;/h7-14H,5-6H2,1-4H3;. The SMILES string of the molecule is CCC1=C(C)C(Cl)([Si]C2(Cl)C(C)=C(CC)c3ccccc32)c2ccccc21.[Ti]. The smallest absolute Gasteiger partial charge is 0.114 e. The molecule has 0 spiro atoms. The summed E-state index contributed by atoms with van der Waals surface area (Å²) >= 11 is 14.9. The fourth-order valence-corrected chi connectivity index (χ4v) is 8.20. The van der Waals surface area contributed by atoms with E-state index in [-0.39, 0.29) is 21.7 Å². The summed E-state index contributed by atoms with van der Waals surface area (Å²) in [5.74, 6) is 0. The van der Waals surface area contributed by atoms with Gasteiger partial charge in [0.2, 0.25) is 0 Å². The first-order chi connectivity index (χ1) is 12.9. The minimum atomic E-state index is -0.540. The third kappa shape index (κ3) is 2.97. The van der Waals surface area contributed by atoms with Gasteiger partial charge in [-0.1, -0.05) is 62.4 Å². The average Bonchev–Trinajstić information content (AvgIpc) is 3.02. The van der Waals surface area contributed by atoms with Gasteiger partial charge in [-0.15, -0.1) is 23.2 Å². The first-order valence-electron chi connectivity index (χ1n) is 9.65. The fraction of sp³-hybridized carbons (Fsp3) is 0.333. The number of benzene rings is 2. The van der Waals surface area contributed by atoms with Crippen molar-refractivity contribution in [2.75, 3.05) is 0 Å². The van der Waals surface area contributed by atoms with Crippen LogP contribution in [0.1, 0.15) is 62.8 Å². The molecule has 0 saturated heterocycles. The minimum absolute atomic E-state index is 0. The Kier molecular flexibility index (Phi) is 6.27. The summed E-state index contributed by atoms with van der Waals surface area (Å²) in [7, 11) is 0.333. The zero-order valence-electron chi connectivity index (χ0n) is 16.8. The summed E-state index contributed by atoms with van der Waals surface area (Å²) < 4.78 is -1.08. The number of rotatable bonds is 4. The molecular formula is C24H24Cl2SiTi. The molecular weight excluding hydrogens is 435 g/mol. The van der Waals surface area contributed by atoms with Crippen molar-refractivity contribution in [3.05, 3.63) is 81.9 Å². The summed E-state index contributed by atoms with van der Waals surface area (Å²) in [6, 6.07) is 17.2. The molecule has 2 aromatic carbocycles. The number of halogens is 2. The maximum atomic E-state index is 7.47. The number of hydrogen-bond acceptors (Lipinski definition) is 0. The zero-order valence-corrected chi connectivity index (χ0v) is 20.9. The fourth-order valence-electron chi connectivity index (χ4n) is 4.79. The van der Waals surface area contributed by atoms with Crippen LogP contribution in [0.2, 0.25) is 0 Å². The first-order valence-corrected chi connectivity index (χ1v) is 11.4. The number of allylic oxidation sites excluding steroid dienone is 4. The van der Waals surface area contributed by atoms with Crippen molar-refractivity contribution in [1.82, 2.24) is 0 Å². The molecule has 2 aliphatic carbocycles. The van der Waals surface area contributed by atoms with Gasteiger partial charge in [-0.2, -0.15) is 0 Å². The van der Waals surface area contributed by atoms with Crippen molar-refractivity contribution < 1.29 is 21.7 Å². The van der Waals surface area contributed by atoms with Crippen molar-refractivity contribution in [3.63, 3.8) is 0 Å². The van der Waals surface area contributed by atoms with Crippen molar-refractivity contribution >= 4 is 43.9 Å². The Hall–Kier alpha value is -0.569. The Morgan fingerprint density at radius 3 is 1.43 bits per heavy atom. The van der Waals surface area contributed by atoms with Crippen LogP contribution in [0.5, 0.6) is 0 Å². The van der Waals surface area contributed by atoms with Gasteiger partial charge in [0.25, 0.3) is 0 Å². The van der Waals surface area contributed by atoms with Gasteiger partial charge in [0, 0.05) is 21.7 Å². The van der Waals surface area contributed by atoms with E-state index in [4.69, 9.17) is 23.2 Å². The van der Waals surface area contributed by atoms with E-state index < -0.39 is 8.99 Å². The Balaban J connectivity index is 0.00000225. The molecule has 0 N–H and O–H groups in total. The second kappa shape index (κ2) is 7.93. The molecule has 2 aromatic rings. The Morgan fingerprint density at radius 1 is 0.714 bits per heavy atom. The van der Waals surface area contributed by atoms with Crippen molar-refractivity contribution in [1.29, 1.82) is 0 Å². The van der Waals surface area contributed by atoms with Crippen LogP contribution in [-0.4, -0.2) is 9.52 Å². The van der Waals surface area contributed by atoms with Crippen LogP contribution in [0.25, 0.3) is 11.1 Å². The third-order valence-electron chi connectivity index (χ3n) is 6.24. The van der Waals surface area contributed by atoms with Gasteiger partial charge in [-0.3, -0.25) is 0 Å². The summed E-state index contributed by atoms with van der Waals surface area (Å²) in [6.07, 6.45) is 1.98. The molecule has 2 atom stereocenters. The van der Waals surface area contributed by atoms with Gasteiger partial charge in [-0.05, 0) is 71.2 Å². The molecule has 4 heteroatoms. The maximum absolute atomic E-state index is 7.47. The zero-order chi connectivity index (χ0) is 19.4. The van der Waals surface area contributed by atoms with Crippen LogP contribution < -0.4 is 0 Å². The molecule has 0 heterocycles. The van der Waals surface area contributed by atoms with Crippen molar-refractivity contribution in [2.24, 2.45) is 0 Å². The second-order valence-electron chi connectivity index (χ2n) is 7.45. The monoisotopic (exact) mass is 458 g/mol. The summed E-state index contributed by atoms with van der Waals surface area (Å²) in [6.45, 7) is 8.81. The van der Waals surface area contributed by atoms with E-state index in [1.165, 1.54) is 44.5 Å². The van der Waals surface area contributed by atoms with E-state index in [1.807, 2.05) is 0 Å². The van der Waals surface area contributed by atoms with E-state index in [1.54, 1.807) is 0 Å². The van der Waals surface area contributed by atoms with Crippen molar-refractivity contribution in [3.8, 4) is 0 Å². The van der Waals surface area contributed by atoms with Crippen LogP contribution in [0.15, 0.2) is 59.7 Å².